The fraction of sp³-hybridized carbons (Fsp3) is 0.208. The van der Waals surface area contributed by atoms with E-state index < -0.39 is 17.8 Å². The van der Waals surface area contributed by atoms with Gasteiger partial charge in [-0.3, -0.25) is 19.4 Å². The molecule has 30 heavy (non-hydrogen) atoms. The summed E-state index contributed by atoms with van der Waals surface area (Å²) in [6, 6.07) is 15.5. The van der Waals surface area contributed by atoms with E-state index in [1.54, 1.807) is 6.08 Å². The van der Waals surface area contributed by atoms with Gasteiger partial charge < -0.3 is 4.57 Å². The quantitative estimate of drug-likeness (QED) is 0.496. The largest absolute Gasteiger partial charge is 0.340 e. The van der Waals surface area contributed by atoms with Crippen LogP contribution in [0.1, 0.15) is 22.4 Å². The maximum atomic E-state index is 12.7. The molecule has 0 aliphatic carbocycles. The minimum atomic E-state index is -0.624. The minimum Gasteiger partial charge on any atom is -0.340 e. The van der Waals surface area contributed by atoms with Gasteiger partial charge in [-0.25, -0.2) is 4.79 Å². The van der Waals surface area contributed by atoms with Crippen LogP contribution in [0.3, 0.4) is 0 Å². The zero-order valence-corrected chi connectivity index (χ0v) is 17.5. The average molecular weight is 401 g/mol. The van der Waals surface area contributed by atoms with Crippen molar-refractivity contribution >= 4 is 34.8 Å². The smallest absolute Gasteiger partial charge is 0.333 e. The standard InChI is InChI=1S/C24H23N3O3/c1-15-9-5-6-10-17(15)14-27-16(2)19(18-11-7-8-12-21(18)27)13-20-22(28)25(3)24(30)26(4)23(20)29/h5-13H,14H2,1-4H3. The first kappa shape index (κ1) is 19.6. The lowest BCUT2D eigenvalue weighted by atomic mass is 10.0. The van der Waals surface area contributed by atoms with Gasteiger partial charge in [0.15, 0.2) is 0 Å². The van der Waals surface area contributed by atoms with Crippen molar-refractivity contribution in [2.45, 2.75) is 20.4 Å². The van der Waals surface area contributed by atoms with Crippen LogP contribution >= 0.6 is 0 Å². The number of aryl methyl sites for hydroxylation is 1. The number of aromatic nitrogens is 1. The van der Waals surface area contributed by atoms with Crippen molar-refractivity contribution < 1.29 is 14.4 Å². The number of urea groups is 1. The molecule has 1 aromatic heterocycles. The summed E-state index contributed by atoms with van der Waals surface area (Å²) < 4.78 is 2.19. The van der Waals surface area contributed by atoms with Crippen LogP contribution in [0.25, 0.3) is 17.0 Å². The number of likely N-dealkylation sites (N-methyl/N-ethyl adjacent to an activating group) is 2. The van der Waals surface area contributed by atoms with Crippen molar-refractivity contribution in [3.05, 3.63) is 76.5 Å². The Morgan fingerprint density at radius 2 is 1.43 bits per heavy atom. The normalized spacial score (nSPS) is 14.8. The Bertz CT molecular complexity index is 1210. The van der Waals surface area contributed by atoms with Gasteiger partial charge in [0.1, 0.15) is 5.57 Å². The van der Waals surface area contributed by atoms with E-state index in [1.165, 1.54) is 25.2 Å². The van der Waals surface area contributed by atoms with Crippen LogP contribution in [0.2, 0.25) is 0 Å². The third kappa shape index (κ3) is 3.01. The Morgan fingerprint density at radius 1 is 0.833 bits per heavy atom. The number of nitrogens with zero attached hydrogens (tertiary/aromatic N) is 3. The molecule has 4 amide bonds. The van der Waals surface area contributed by atoms with Crippen LogP contribution in [-0.4, -0.2) is 46.3 Å². The van der Waals surface area contributed by atoms with Crippen molar-refractivity contribution in [2.75, 3.05) is 14.1 Å². The topological polar surface area (TPSA) is 62.6 Å². The van der Waals surface area contributed by atoms with E-state index in [2.05, 4.69) is 23.6 Å². The van der Waals surface area contributed by atoms with E-state index in [0.29, 0.717) is 6.54 Å². The predicted molar refractivity (Wildman–Crippen MR) is 116 cm³/mol. The summed E-state index contributed by atoms with van der Waals surface area (Å²) in [6.07, 6.45) is 1.62. The molecule has 4 rings (SSSR count). The fourth-order valence-electron chi connectivity index (χ4n) is 3.92. The number of carbonyl (C=O) groups is 3. The maximum absolute atomic E-state index is 12.7. The Hall–Kier alpha value is -3.67. The van der Waals surface area contributed by atoms with Gasteiger partial charge in [-0.15, -0.1) is 0 Å². The highest BCUT2D eigenvalue weighted by Crippen LogP contribution is 2.30. The van der Waals surface area contributed by atoms with Crippen LogP contribution in [0.4, 0.5) is 4.79 Å². The van der Waals surface area contributed by atoms with E-state index in [-0.39, 0.29) is 5.57 Å². The van der Waals surface area contributed by atoms with E-state index in [9.17, 15) is 14.4 Å². The van der Waals surface area contributed by atoms with Crippen LogP contribution in [0.5, 0.6) is 0 Å². The van der Waals surface area contributed by atoms with Gasteiger partial charge in [0.2, 0.25) is 0 Å². The molecular weight excluding hydrogens is 378 g/mol. The first-order chi connectivity index (χ1) is 14.3. The van der Waals surface area contributed by atoms with Crippen molar-refractivity contribution in [3.63, 3.8) is 0 Å². The lowest BCUT2D eigenvalue weighted by Crippen LogP contribution is -2.52. The Labute approximate surface area is 175 Å². The molecule has 0 bridgehead atoms. The Kier molecular flexibility index (Phi) is 4.78. The van der Waals surface area contributed by atoms with Gasteiger partial charge in [0.05, 0.1) is 0 Å². The second kappa shape index (κ2) is 7.30. The second-order valence-electron chi connectivity index (χ2n) is 7.60. The molecule has 0 spiro atoms. The van der Waals surface area contributed by atoms with Gasteiger partial charge in [0.25, 0.3) is 11.8 Å². The van der Waals surface area contributed by atoms with Crippen LogP contribution in [0, 0.1) is 13.8 Å². The molecule has 6 nitrogen and oxygen atoms in total. The predicted octanol–water partition coefficient (Wildman–Crippen LogP) is 3.74. The van der Waals surface area contributed by atoms with Crippen molar-refractivity contribution in [1.82, 2.24) is 14.4 Å². The van der Waals surface area contributed by atoms with Crippen LogP contribution in [-0.2, 0) is 16.1 Å². The SMILES string of the molecule is Cc1ccccc1Cn1c(C)c(C=C2C(=O)N(C)C(=O)N(C)C2=O)c2ccccc21. The first-order valence-electron chi connectivity index (χ1n) is 9.75. The number of carbonyl (C=O) groups excluding carboxylic acids is 3. The lowest BCUT2D eigenvalue weighted by molar-refractivity contribution is -0.134. The summed E-state index contributed by atoms with van der Waals surface area (Å²) in [6.45, 7) is 4.75. The van der Waals surface area contributed by atoms with Crippen LogP contribution in [0.15, 0.2) is 54.1 Å². The number of para-hydroxylation sites is 1. The molecule has 2 aromatic carbocycles. The molecule has 0 atom stereocenters. The molecule has 0 N–H and O–H groups in total. The maximum Gasteiger partial charge on any atom is 0.333 e. The third-order valence-corrected chi connectivity index (χ3v) is 5.80. The summed E-state index contributed by atoms with van der Waals surface area (Å²) in [4.78, 5) is 39.3. The molecule has 2 heterocycles. The molecule has 0 radical (unpaired) electrons. The molecule has 152 valence electrons. The lowest BCUT2D eigenvalue weighted by Gasteiger charge is -2.28. The molecule has 1 aliphatic rings. The van der Waals surface area contributed by atoms with Crippen molar-refractivity contribution in [3.8, 4) is 0 Å². The summed E-state index contributed by atoms with van der Waals surface area (Å²) in [5.74, 6) is -1.17. The zero-order chi connectivity index (χ0) is 21.6. The molecule has 1 saturated heterocycles. The van der Waals surface area contributed by atoms with Gasteiger partial charge in [-0.1, -0.05) is 42.5 Å². The van der Waals surface area contributed by atoms with E-state index in [0.717, 1.165) is 32.0 Å². The van der Waals surface area contributed by atoms with E-state index in [4.69, 9.17) is 0 Å². The summed E-state index contributed by atoms with van der Waals surface area (Å²) in [5, 5.41) is 0.957. The number of benzene rings is 2. The highest BCUT2D eigenvalue weighted by molar-refractivity contribution is 6.31. The Morgan fingerprint density at radius 3 is 2.10 bits per heavy atom. The summed E-state index contributed by atoms with van der Waals surface area (Å²) in [5.41, 5.74) is 5.19. The van der Waals surface area contributed by atoms with Gasteiger partial charge in [-0.05, 0) is 37.1 Å². The van der Waals surface area contributed by atoms with Crippen LogP contribution < -0.4 is 0 Å². The van der Waals surface area contributed by atoms with Crippen molar-refractivity contribution in [1.29, 1.82) is 0 Å². The molecular formula is C24H23N3O3. The number of barbiturate groups is 1. The van der Waals surface area contributed by atoms with Gasteiger partial charge in [-0.2, -0.15) is 0 Å². The third-order valence-electron chi connectivity index (χ3n) is 5.80. The number of rotatable bonds is 3. The van der Waals surface area contributed by atoms with Gasteiger partial charge >= 0.3 is 6.03 Å². The fourth-order valence-corrected chi connectivity index (χ4v) is 3.92. The molecule has 1 fully saturated rings. The number of amides is 4. The van der Waals surface area contributed by atoms with E-state index >= 15 is 0 Å². The average Bonchev–Trinajstić information content (AvgIpc) is 3.01. The minimum absolute atomic E-state index is 0.0125. The second-order valence-corrected chi connectivity index (χ2v) is 7.60. The monoisotopic (exact) mass is 401 g/mol. The number of fused-ring (bicyclic) bond motifs is 1. The molecule has 3 aromatic rings. The number of imide groups is 2. The number of hydrogen-bond acceptors (Lipinski definition) is 3. The first-order valence-corrected chi connectivity index (χ1v) is 9.75. The number of hydrogen-bond donors (Lipinski definition) is 0. The molecule has 6 heteroatoms. The summed E-state index contributed by atoms with van der Waals surface area (Å²) in [7, 11) is 2.77. The molecule has 1 aliphatic heterocycles. The molecule has 0 saturated carbocycles. The summed E-state index contributed by atoms with van der Waals surface area (Å²) >= 11 is 0. The molecule has 0 unspecified atom stereocenters. The van der Waals surface area contributed by atoms with Gasteiger partial charge in [0, 0.05) is 42.8 Å². The van der Waals surface area contributed by atoms with E-state index in [1.807, 2.05) is 43.3 Å². The highest BCUT2D eigenvalue weighted by Gasteiger charge is 2.38. The highest BCUT2D eigenvalue weighted by atomic mass is 16.2. The van der Waals surface area contributed by atoms with Crippen molar-refractivity contribution in [2.24, 2.45) is 0 Å². The Balaban J connectivity index is 1.89. The zero-order valence-electron chi connectivity index (χ0n) is 17.5.